The number of hydrogen-bond acceptors (Lipinski definition) is 5. The first-order valence-electron chi connectivity index (χ1n) is 8.77. The fourth-order valence-electron chi connectivity index (χ4n) is 4.41. The summed E-state index contributed by atoms with van der Waals surface area (Å²) in [6, 6.07) is 4.49. The first-order chi connectivity index (χ1) is 12.1. The lowest BCUT2D eigenvalue weighted by molar-refractivity contribution is -0.132. The van der Waals surface area contributed by atoms with Crippen LogP contribution in [-0.2, 0) is 4.79 Å². The van der Waals surface area contributed by atoms with Gasteiger partial charge in [-0.1, -0.05) is 0 Å². The fraction of sp³-hybridized carbons (Fsp3) is 0.556. The Morgan fingerprint density at radius 1 is 1.40 bits per heavy atom. The second-order valence-corrected chi connectivity index (χ2v) is 7.29. The lowest BCUT2D eigenvalue weighted by Crippen LogP contribution is -2.36. The van der Waals surface area contributed by atoms with E-state index in [9.17, 15) is 4.79 Å². The van der Waals surface area contributed by atoms with Gasteiger partial charge < -0.3 is 14.8 Å². The highest BCUT2D eigenvalue weighted by Crippen LogP contribution is 2.41. The van der Waals surface area contributed by atoms with Crippen LogP contribution in [0.1, 0.15) is 19.8 Å². The summed E-state index contributed by atoms with van der Waals surface area (Å²) in [7, 11) is 2.10. The number of nitrogens with one attached hydrogen (secondary N) is 1. The summed E-state index contributed by atoms with van der Waals surface area (Å²) in [4.78, 5) is 28.3. The number of anilines is 1. The molecule has 2 aromatic heterocycles. The van der Waals surface area contributed by atoms with E-state index in [1.54, 1.807) is 13.3 Å². The van der Waals surface area contributed by atoms with Crippen molar-refractivity contribution < 1.29 is 4.79 Å². The number of hydrogen-bond donors (Lipinski definition) is 1. The number of amides is 1. The number of rotatable bonds is 3. The summed E-state index contributed by atoms with van der Waals surface area (Å²) >= 11 is 0. The second kappa shape index (κ2) is 6.03. The van der Waals surface area contributed by atoms with Crippen LogP contribution in [0.3, 0.4) is 0 Å². The van der Waals surface area contributed by atoms with Gasteiger partial charge in [-0.3, -0.25) is 4.79 Å². The highest BCUT2D eigenvalue weighted by atomic mass is 16.2. The van der Waals surface area contributed by atoms with Crippen molar-refractivity contribution in [2.45, 2.75) is 25.8 Å². The minimum absolute atomic E-state index is 0.0216. The number of nitriles is 1. The largest absolute Gasteiger partial charge is 0.356 e. The smallest absolute Gasteiger partial charge is 0.239 e. The standard InChI is InChI=1S/C18H22N6O/c1-11(7-19)18(25)24-8-12-5-14(6-13(12)9-24)23(2)17-15-3-4-20-16(15)21-10-22-17/h3-4,10-14H,5-6,8-9H2,1-2H3,(H,20,21,22)/t11?,12-,13+,14?. The minimum atomic E-state index is -0.541. The zero-order chi connectivity index (χ0) is 17.6. The van der Waals surface area contributed by atoms with Crippen LogP contribution in [0.5, 0.6) is 0 Å². The van der Waals surface area contributed by atoms with Crippen LogP contribution in [-0.4, -0.2) is 51.9 Å². The monoisotopic (exact) mass is 338 g/mol. The first kappa shape index (κ1) is 15.9. The van der Waals surface area contributed by atoms with Crippen molar-refractivity contribution in [2.75, 3.05) is 25.0 Å². The Balaban J connectivity index is 1.46. The van der Waals surface area contributed by atoms with Gasteiger partial charge in [0.15, 0.2) is 0 Å². The van der Waals surface area contributed by atoms with E-state index < -0.39 is 5.92 Å². The molecule has 2 fully saturated rings. The Hall–Kier alpha value is -2.62. The molecule has 1 saturated heterocycles. The molecule has 2 aromatic rings. The van der Waals surface area contributed by atoms with Crippen LogP contribution in [0.4, 0.5) is 5.82 Å². The summed E-state index contributed by atoms with van der Waals surface area (Å²) in [5.41, 5.74) is 0.859. The van der Waals surface area contributed by atoms with Crippen molar-refractivity contribution in [3.05, 3.63) is 18.6 Å². The molecule has 1 amide bonds. The molecule has 25 heavy (non-hydrogen) atoms. The SMILES string of the molecule is CC(C#N)C(=O)N1C[C@H]2CC(N(C)c3ncnc4[nH]ccc34)C[C@H]2C1. The molecule has 2 unspecified atom stereocenters. The summed E-state index contributed by atoms with van der Waals surface area (Å²) < 4.78 is 0. The van der Waals surface area contributed by atoms with E-state index in [0.717, 1.165) is 42.8 Å². The summed E-state index contributed by atoms with van der Waals surface area (Å²) in [6.07, 6.45) is 5.60. The molecule has 0 radical (unpaired) electrons. The van der Waals surface area contributed by atoms with Crippen molar-refractivity contribution in [1.29, 1.82) is 5.26 Å². The van der Waals surface area contributed by atoms with Gasteiger partial charge in [0.2, 0.25) is 5.91 Å². The van der Waals surface area contributed by atoms with E-state index >= 15 is 0 Å². The van der Waals surface area contributed by atoms with Crippen LogP contribution >= 0.6 is 0 Å². The Bertz CT molecular complexity index is 825. The third-order valence-corrected chi connectivity index (χ3v) is 5.82. The van der Waals surface area contributed by atoms with Gasteiger partial charge in [0.25, 0.3) is 0 Å². The lowest BCUT2D eigenvalue weighted by Gasteiger charge is -2.28. The van der Waals surface area contributed by atoms with E-state index in [-0.39, 0.29) is 5.91 Å². The molecule has 1 aliphatic carbocycles. The van der Waals surface area contributed by atoms with Crippen molar-refractivity contribution >= 4 is 22.8 Å². The number of carbonyl (C=O) groups excluding carboxylic acids is 1. The van der Waals surface area contributed by atoms with Gasteiger partial charge in [0.1, 0.15) is 23.7 Å². The van der Waals surface area contributed by atoms with Crippen LogP contribution in [0.15, 0.2) is 18.6 Å². The summed E-state index contributed by atoms with van der Waals surface area (Å²) in [5, 5.41) is 10.0. The molecule has 0 aromatic carbocycles. The molecule has 3 heterocycles. The maximum absolute atomic E-state index is 12.2. The number of aromatic nitrogens is 3. The van der Waals surface area contributed by atoms with Crippen LogP contribution in [0.2, 0.25) is 0 Å². The number of carbonyl (C=O) groups is 1. The average Bonchev–Trinajstić information content (AvgIpc) is 3.32. The number of H-pyrrole nitrogens is 1. The fourth-order valence-corrected chi connectivity index (χ4v) is 4.41. The topological polar surface area (TPSA) is 88.9 Å². The molecular formula is C18H22N6O. The summed E-state index contributed by atoms with van der Waals surface area (Å²) in [5.74, 6) is 1.44. The van der Waals surface area contributed by atoms with Gasteiger partial charge >= 0.3 is 0 Å². The normalized spacial score (nSPS) is 26.4. The highest BCUT2D eigenvalue weighted by molar-refractivity contribution is 5.87. The second-order valence-electron chi connectivity index (χ2n) is 7.29. The maximum Gasteiger partial charge on any atom is 0.239 e. The molecule has 0 spiro atoms. The number of aromatic amines is 1. The van der Waals surface area contributed by atoms with Crippen molar-refractivity contribution in [1.82, 2.24) is 19.9 Å². The molecule has 4 rings (SSSR count). The van der Waals surface area contributed by atoms with E-state index in [2.05, 4.69) is 33.0 Å². The minimum Gasteiger partial charge on any atom is -0.356 e. The Kier molecular flexibility index (Phi) is 3.83. The molecule has 1 saturated carbocycles. The van der Waals surface area contributed by atoms with E-state index in [1.807, 2.05) is 17.2 Å². The van der Waals surface area contributed by atoms with Gasteiger partial charge in [-0.2, -0.15) is 5.26 Å². The highest BCUT2D eigenvalue weighted by Gasteiger charge is 2.44. The van der Waals surface area contributed by atoms with Crippen molar-refractivity contribution in [3.63, 3.8) is 0 Å². The van der Waals surface area contributed by atoms with Crippen LogP contribution in [0, 0.1) is 29.1 Å². The number of likely N-dealkylation sites (tertiary alicyclic amines) is 1. The molecule has 1 N–H and O–H groups in total. The zero-order valence-corrected chi connectivity index (χ0v) is 14.5. The third kappa shape index (κ3) is 2.62. The van der Waals surface area contributed by atoms with E-state index in [1.165, 1.54) is 0 Å². The van der Waals surface area contributed by atoms with Gasteiger partial charge in [-0.25, -0.2) is 9.97 Å². The lowest BCUT2D eigenvalue weighted by atomic mass is 10.0. The number of nitrogens with zero attached hydrogens (tertiary/aromatic N) is 5. The quantitative estimate of drug-likeness (QED) is 0.921. The first-order valence-corrected chi connectivity index (χ1v) is 8.77. The average molecular weight is 338 g/mol. The van der Waals surface area contributed by atoms with Gasteiger partial charge in [0, 0.05) is 32.4 Å². The Labute approximate surface area is 146 Å². The van der Waals surface area contributed by atoms with Crippen molar-refractivity contribution in [3.8, 4) is 6.07 Å². The molecule has 2 aliphatic rings. The van der Waals surface area contributed by atoms with E-state index in [0.29, 0.717) is 17.9 Å². The van der Waals surface area contributed by atoms with Gasteiger partial charge in [-0.05, 0) is 37.7 Å². The Morgan fingerprint density at radius 3 is 2.80 bits per heavy atom. The molecule has 0 bridgehead atoms. The van der Waals surface area contributed by atoms with Crippen LogP contribution in [0.25, 0.3) is 11.0 Å². The van der Waals surface area contributed by atoms with Crippen LogP contribution < -0.4 is 4.90 Å². The third-order valence-electron chi connectivity index (χ3n) is 5.82. The van der Waals surface area contributed by atoms with E-state index in [4.69, 9.17) is 5.26 Å². The van der Waals surface area contributed by atoms with Gasteiger partial charge in [0.05, 0.1) is 11.5 Å². The maximum atomic E-state index is 12.2. The Morgan fingerprint density at radius 2 is 2.12 bits per heavy atom. The molecule has 7 heteroatoms. The predicted molar refractivity (Wildman–Crippen MR) is 93.7 cm³/mol. The molecular weight excluding hydrogens is 316 g/mol. The molecule has 4 atom stereocenters. The van der Waals surface area contributed by atoms with Crippen molar-refractivity contribution in [2.24, 2.45) is 17.8 Å². The van der Waals surface area contributed by atoms with Gasteiger partial charge in [-0.15, -0.1) is 0 Å². The zero-order valence-electron chi connectivity index (χ0n) is 14.5. The number of fused-ring (bicyclic) bond motifs is 2. The predicted octanol–water partition coefficient (Wildman–Crippen LogP) is 1.79. The summed E-state index contributed by atoms with van der Waals surface area (Å²) in [6.45, 7) is 3.25. The molecule has 7 nitrogen and oxygen atoms in total. The molecule has 1 aliphatic heterocycles. The molecule has 130 valence electrons.